The number of nitrogens with zero attached hydrogens (tertiary/aromatic N) is 3. The number of nitrogens with two attached hydrogens (primary N) is 1. The van der Waals surface area contributed by atoms with Crippen LogP contribution in [0.15, 0.2) is 60.1 Å². The number of nitrogens with one attached hydrogen (secondary N) is 2. The second-order valence-corrected chi connectivity index (χ2v) is 7.65. The molecule has 1 fully saturated rings. The molecule has 0 unspecified atom stereocenters. The molecule has 0 radical (unpaired) electrons. The quantitative estimate of drug-likeness (QED) is 0.313. The van der Waals surface area contributed by atoms with Gasteiger partial charge in [-0.15, -0.1) is 0 Å². The van der Waals surface area contributed by atoms with Crippen LogP contribution in [-0.2, 0) is 4.79 Å². The van der Waals surface area contributed by atoms with E-state index in [0.29, 0.717) is 24.5 Å². The molecule has 2 aromatic rings. The summed E-state index contributed by atoms with van der Waals surface area (Å²) in [4.78, 5) is 16.9. The maximum atomic E-state index is 12.3. The molecule has 1 amide bonds. The van der Waals surface area contributed by atoms with E-state index in [-0.39, 0.29) is 31.1 Å². The summed E-state index contributed by atoms with van der Waals surface area (Å²) >= 11 is 0. The van der Waals surface area contributed by atoms with E-state index >= 15 is 0 Å². The maximum Gasteiger partial charge on any atom is 0.223 e. The summed E-state index contributed by atoms with van der Waals surface area (Å²) in [6.45, 7) is 3.48. The number of aliphatic imine (C=N–C) groups is 1. The molecule has 166 valence electrons. The maximum absolute atomic E-state index is 12.3. The van der Waals surface area contributed by atoms with Gasteiger partial charge in [0.2, 0.25) is 5.91 Å². The SMILES string of the molecule is C=C(/N=C(\C=C/N)n1ncc2ccccc21)NC1CCC(C(=O)NC(CO)CO)CC1. The summed E-state index contributed by atoms with van der Waals surface area (Å²) < 4.78 is 1.71. The Morgan fingerprint density at radius 2 is 2.00 bits per heavy atom. The number of benzene rings is 1. The third kappa shape index (κ3) is 5.71. The first-order valence-electron chi connectivity index (χ1n) is 10.4. The Bertz CT molecular complexity index is 955. The second-order valence-electron chi connectivity index (χ2n) is 7.65. The number of hydrogen-bond donors (Lipinski definition) is 5. The Morgan fingerprint density at radius 3 is 2.68 bits per heavy atom. The molecule has 9 heteroatoms. The number of allylic oxidation sites excluding steroid dienone is 1. The standard InChI is InChI=1S/C22H30N6O3/c1-15(25-18-8-6-16(7-9-18)22(31)27-19(13-29)14-30)26-21(10-11-23)28-20-5-3-2-4-17(20)12-24-28/h2-5,10-12,16,18-19,25,29-30H,1,6-9,13-14,23H2,(H,27,31)/b11-10-,26-21+. The zero-order valence-corrected chi connectivity index (χ0v) is 17.4. The first kappa shape index (κ1) is 22.5. The van der Waals surface area contributed by atoms with Crippen LogP contribution in [0.1, 0.15) is 25.7 Å². The highest BCUT2D eigenvalue weighted by Gasteiger charge is 2.27. The van der Waals surface area contributed by atoms with E-state index in [4.69, 9.17) is 15.9 Å². The van der Waals surface area contributed by atoms with Crippen molar-refractivity contribution in [2.24, 2.45) is 16.6 Å². The average molecular weight is 427 g/mol. The topological polar surface area (TPSA) is 138 Å². The third-order valence-corrected chi connectivity index (χ3v) is 5.44. The Balaban J connectivity index is 1.60. The molecule has 1 aliphatic rings. The average Bonchev–Trinajstić information content (AvgIpc) is 3.21. The number of rotatable bonds is 8. The largest absolute Gasteiger partial charge is 0.404 e. The third-order valence-electron chi connectivity index (χ3n) is 5.44. The summed E-state index contributed by atoms with van der Waals surface area (Å²) in [7, 11) is 0. The van der Waals surface area contributed by atoms with Gasteiger partial charge in [0.05, 0.1) is 31.0 Å². The fourth-order valence-corrected chi connectivity index (χ4v) is 3.77. The molecular formula is C22H30N6O3. The highest BCUT2D eigenvalue weighted by atomic mass is 16.3. The number of amides is 1. The van der Waals surface area contributed by atoms with Crippen molar-refractivity contribution >= 4 is 22.6 Å². The molecule has 0 spiro atoms. The van der Waals surface area contributed by atoms with E-state index in [0.717, 1.165) is 23.7 Å². The predicted molar refractivity (Wildman–Crippen MR) is 120 cm³/mol. The number of fused-ring (bicyclic) bond motifs is 1. The lowest BCUT2D eigenvalue weighted by Gasteiger charge is -2.29. The van der Waals surface area contributed by atoms with Crippen LogP contribution in [0.25, 0.3) is 10.9 Å². The Labute approximate surface area is 181 Å². The fourth-order valence-electron chi connectivity index (χ4n) is 3.77. The monoisotopic (exact) mass is 426 g/mol. The molecule has 0 saturated heterocycles. The van der Waals surface area contributed by atoms with Gasteiger partial charge in [-0.05, 0) is 44.0 Å². The summed E-state index contributed by atoms with van der Waals surface area (Å²) in [5.41, 5.74) is 6.54. The minimum Gasteiger partial charge on any atom is -0.404 e. The van der Waals surface area contributed by atoms with E-state index in [2.05, 4.69) is 27.3 Å². The van der Waals surface area contributed by atoms with Gasteiger partial charge in [0, 0.05) is 17.3 Å². The normalized spacial score (nSPS) is 19.8. The van der Waals surface area contributed by atoms with Crippen LogP contribution in [-0.4, -0.2) is 57.0 Å². The van der Waals surface area contributed by atoms with Crippen LogP contribution in [0.3, 0.4) is 0 Å². The molecule has 6 N–H and O–H groups in total. The van der Waals surface area contributed by atoms with Gasteiger partial charge < -0.3 is 26.6 Å². The molecule has 1 aromatic carbocycles. The highest BCUT2D eigenvalue weighted by molar-refractivity contribution is 6.00. The molecule has 0 aliphatic heterocycles. The summed E-state index contributed by atoms with van der Waals surface area (Å²) in [6, 6.07) is 7.38. The van der Waals surface area contributed by atoms with Gasteiger partial charge in [-0.1, -0.05) is 24.8 Å². The molecule has 31 heavy (non-hydrogen) atoms. The summed E-state index contributed by atoms with van der Waals surface area (Å²) in [5, 5.41) is 29.7. The van der Waals surface area contributed by atoms with Gasteiger partial charge in [-0.2, -0.15) is 5.10 Å². The van der Waals surface area contributed by atoms with Crippen molar-refractivity contribution in [1.82, 2.24) is 20.4 Å². The fraction of sp³-hybridized carbons (Fsp3) is 0.409. The minimum atomic E-state index is -0.607. The van der Waals surface area contributed by atoms with Crippen molar-refractivity contribution in [3.8, 4) is 0 Å². The number of carbonyl (C=O) groups excluding carboxylic acids is 1. The molecule has 0 bridgehead atoms. The van der Waals surface area contributed by atoms with Crippen LogP contribution >= 0.6 is 0 Å². The van der Waals surface area contributed by atoms with Gasteiger partial charge in [-0.25, -0.2) is 9.67 Å². The van der Waals surface area contributed by atoms with Gasteiger partial charge >= 0.3 is 0 Å². The minimum absolute atomic E-state index is 0.121. The smallest absolute Gasteiger partial charge is 0.223 e. The lowest BCUT2D eigenvalue weighted by molar-refractivity contribution is -0.127. The number of aliphatic hydroxyl groups is 2. The molecule has 3 rings (SSSR count). The van der Waals surface area contributed by atoms with Gasteiger partial charge in [0.1, 0.15) is 5.82 Å². The molecule has 1 saturated carbocycles. The molecule has 1 heterocycles. The zero-order chi connectivity index (χ0) is 22.2. The molecular weight excluding hydrogens is 396 g/mol. The van der Waals surface area contributed by atoms with Crippen LogP contribution in [0.4, 0.5) is 0 Å². The van der Waals surface area contributed by atoms with Crippen molar-refractivity contribution in [3.05, 3.63) is 55.1 Å². The van der Waals surface area contributed by atoms with E-state index in [1.165, 1.54) is 6.20 Å². The van der Waals surface area contributed by atoms with Crippen molar-refractivity contribution in [2.75, 3.05) is 13.2 Å². The van der Waals surface area contributed by atoms with Gasteiger partial charge in [0.25, 0.3) is 0 Å². The van der Waals surface area contributed by atoms with Crippen LogP contribution < -0.4 is 16.4 Å². The number of carbonyl (C=O) groups is 1. The van der Waals surface area contributed by atoms with Crippen molar-refractivity contribution in [1.29, 1.82) is 0 Å². The van der Waals surface area contributed by atoms with Crippen molar-refractivity contribution < 1.29 is 15.0 Å². The highest BCUT2D eigenvalue weighted by Crippen LogP contribution is 2.25. The zero-order valence-electron chi connectivity index (χ0n) is 17.4. The lowest BCUT2D eigenvalue weighted by atomic mass is 9.85. The number of hydrogen-bond acceptors (Lipinski definition) is 7. The number of aliphatic hydroxyl groups excluding tert-OH is 2. The first-order chi connectivity index (χ1) is 15.0. The molecule has 0 atom stereocenters. The van der Waals surface area contributed by atoms with Crippen molar-refractivity contribution in [2.45, 2.75) is 37.8 Å². The second kappa shape index (κ2) is 10.7. The summed E-state index contributed by atoms with van der Waals surface area (Å²) in [5.74, 6) is 0.806. The van der Waals surface area contributed by atoms with E-state index in [1.807, 2.05) is 24.3 Å². The van der Waals surface area contributed by atoms with E-state index < -0.39 is 6.04 Å². The van der Waals surface area contributed by atoms with E-state index in [9.17, 15) is 4.79 Å². The Morgan fingerprint density at radius 1 is 1.29 bits per heavy atom. The molecule has 1 aromatic heterocycles. The van der Waals surface area contributed by atoms with Gasteiger partial charge in [0.15, 0.2) is 5.84 Å². The van der Waals surface area contributed by atoms with Crippen LogP contribution in [0.5, 0.6) is 0 Å². The van der Waals surface area contributed by atoms with Crippen LogP contribution in [0.2, 0.25) is 0 Å². The van der Waals surface area contributed by atoms with Crippen molar-refractivity contribution in [3.63, 3.8) is 0 Å². The lowest BCUT2D eigenvalue weighted by Crippen LogP contribution is -2.45. The van der Waals surface area contributed by atoms with E-state index in [1.54, 1.807) is 17.0 Å². The van der Waals surface area contributed by atoms with Gasteiger partial charge in [-0.3, -0.25) is 4.79 Å². The Kier molecular flexibility index (Phi) is 7.80. The molecule has 1 aliphatic carbocycles. The number of aromatic nitrogens is 2. The number of para-hydroxylation sites is 1. The predicted octanol–water partition coefficient (Wildman–Crippen LogP) is 0.844. The Hall–Kier alpha value is -3.17. The van der Waals surface area contributed by atoms with Crippen LogP contribution in [0, 0.1) is 5.92 Å². The molecule has 9 nitrogen and oxygen atoms in total. The summed E-state index contributed by atoms with van der Waals surface area (Å²) in [6.07, 6.45) is 7.87. The first-order valence-corrected chi connectivity index (χ1v) is 10.4.